The number of rotatable bonds is 6. The first-order valence-electron chi connectivity index (χ1n) is 9.05. The largest absolute Gasteiger partial charge is 0.467 e. The molecule has 0 bridgehead atoms. The molecule has 4 aromatic rings. The highest BCUT2D eigenvalue weighted by molar-refractivity contribution is 6.00. The van der Waals surface area contributed by atoms with Gasteiger partial charge in [0.2, 0.25) is 5.95 Å². The quantitative estimate of drug-likeness (QED) is 0.526. The van der Waals surface area contributed by atoms with Crippen molar-refractivity contribution in [2.75, 3.05) is 12.4 Å². The van der Waals surface area contributed by atoms with Crippen LogP contribution in [-0.2, 0) is 6.54 Å². The van der Waals surface area contributed by atoms with Crippen LogP contribution < -0.4 is 15.8 Å². The molecular weight excluding hydrogens is 368 g/mol. The molecule has 29 heavy (non-hydrogen) atoms. The summed E-state index contributed by atoms with van der Waals surface area (Å²) in [4.78, 5) is 25.1. The highest BCUT2D eigenvalue weighted by Gasteiger charge is 2.18. The number of nitrogens with two attached hydrogens (primary N) is 1. The van der Waals surface area contributed by atoms with E-state index in [4.69, 9.17) is 10.5 Å². The molecule has 8 heteroatoms. The summed E-state index contributed by atoms with van der Waals surface area (Å²) >= 11 is 0. The Morgan fingerprint density at radius 2 is 1.93 bits per heavy atom. The fourth-order valence-electron chi connectivity index (χ4n) is 3.23. The fourth-order valence-corrected chi connectivity index (χ4v) is 3.23. The highest BCUT2D eigenvalue weighted by Crippen LogP contribution is 2.28. The second-order valence-corrected chi connectivity index (χ2v) is 6.53. The van der Waals surface area contributed by atoms with Gasteiger partial charge in [-0.15, -0.1) is 0 Å². The molecular formula is C21H20N6O2. The van der Waals surface area contributed by atoms with Crippen molar-refractivity contribution in [1.29, 1.82) is 0 Å². The number of benzene rings is 1. The lowest BCUT2D eigenvalue weighted by atomic mass is 10.2. The smallest absolute Gasteiger partial charge is 0.321 e. The first kappa shape index (κ1) is 18.4. The second-order valence-electron chi connectivity index (χ2n) is 6.53. The van der Waals surface area contributed by atoms with Crippen LogP contribution in [0.2, 0.25) is 0 Å². The van der Waals surface area contributed by atoms with Gasteiger partial charge in [0.15, 0.2) is 5.82 Å². The fraction of sp³-hybridized carbons (Fsp3) is 0.143. The number of anilines is 1. The lowest BCUT2D eigenvalue weighted by Crippen LogP contribution is -2.12. The SMILES string of the molecule is COc1nc(NCc2ccccc2)nc(-c2c(C)cc3c(C(N)=O)cccn23)n1. The van der Waals surface area contributed by atoms with E-state index in [1.807, 2.05) is 53.9 Å². The second kappa shape index (κ2) is 7.59. The molecule has 4 rings (SSSR count). The van der Waals surface area contributed by atoms with Crippen molar-refractivity contribution >= 4 is 17.4 Å². The number of carbonyl (C=O) groups excluding carboxylic acids is 1. The number of methoxy groups -OCH3 is 1. The van der Waals surface area contributed by atoms with Crippen LogP contribution in [0.15, 0.2) is 54.7 Å². The maximum Gasteiger partial charge on any atom is 0.321 e. The molecule has 1 aromatic carbocycles. The molecule has 0 aliphatic carbocycles. The van der Waals surface area contributed by atoms with Crippen molar-refractivity contribution in [3.63, 3.8) is 0 Å². The van der Waals surface area contributed by atoms with Gasteiger partial charge in [-0.05, 0) is 36.2 Å². The van der Waals surface area contributed by atoms with Gasteiger partial charge in [0.05, 0.1) is 23.9 Å². The Balaban J connectivity index is 1.78. The van der Waals surface area contributed by atoms with E-state index in [0.29, 0.717) is 29.4 Å². The van der Waals surface area contributed by atoms with E-state index in [2.05, 4.69) is 20.3 Å². The average Bonchev–Trinajstić information content (AvgIpc) is 3.08. The van der Waals surface area contributed by atoms with Crippen LogP contribution >= 0.6 is 0 Å². The van der Waals surface area contributed by atoms with Gasteiger partial charge < -0.3 is 20.2 Å². The number of aromatic nitrogens is 4. The Kier molecular flexibility index (Phi) is 4.82. The summed E-state index contributed by atoms with van der Waals surface area (Å²) in [5, 5.41) is 3.21. The summed E-state index contributed by atoms with van der Waals surface area (Å²) in [5.41, 5.74) is 9.40. The molecule has 0 aliphatic heterocycles. The molecule has 3 aromatic heterocycles. The monoisotopic (exact) mass is 388 g/mol. The molecule has 0 aliphatic rings. The molecule has 0 fully saturated rings. The van der Waals surface area contributed by atoms with Gasteiger partial charge in [-0.1, -0.05) is 30.3 Å². The predicted octanol–water partition coefficient (Wildman–Crippen LogP) is 2.82. The molecule has 0 saturated heterocycles. The summed E-state index contributed by atoms with van der Waals surface area (Å²) in [6, 6.07) is 15.5. The normalized spacial score (nSPS) is 10.8. The number of amides is 1. The number of carbonyl (C=O) groups is 1. The third kappa shape index (κ3) is 3.60. The molecule has 0 spiro atoms. The van der Waals surface area contributed by atoms with Crippen LogP contribution in [0, 0.1) is 6.92 Å². The van der Waals surface area contributed by atoms with Gasteiger partial charge in [0.25, 0.3) is 5.91 Å². The summed E-state index contributed by atoms with van der Waals surface area (Å²) < 4.78 is 7.13. The summed E-state index contributed by atoms with van der Waals surface area (Å²) in [7, 11) is 1.51. The average molecular weight is 388 g/mol. The van der Waals surface area contributed by atoms with Crippen LogP contribution in [0.5, 0.6) is 6.01 Å². The maximum absolute atomic E-state index is 11.8. The number of primary amides is 1. The lowest BCUT2D eigenvalue weighted by molar-refractivity contribution is 0.100. The van der Waals surface area contributed by atoms with Crippen LogP contribution in [0.25, 0.3) is 17.0 Å². The number of nitrogens with zero attached hydrogens (tertiary/aromatic N) is 4. The van der Waals surface area contributed by atoms with Crippen LogP contribution in [0.3, 0.4) is 0 Å². The minimum absolute atomic E-state index is 0.200. The van der Waals surface area contributed by atoms with E-state index >= 15 is 0 Å². The standard InChI is InChI=1S/C21H20N6O2/c1-13-11-16-15(18(22)28)9-6-10-27(16)17(13)19-24-20(26-21(25-19)29-2)23-12-14-7-4-3-5-8-14/h3-11H,12H2,1-2H3,(H2,22,28)(H,23,24,25,26). The Bertz CT molecular complexity index is 1190. The molecule has 0 saturated carbocycles. The van der Waals surface area contributed by atoms with Crippen molar-refractivity contribution in [1.82, 2.24) is 19.4 Å². The molecule has 0 unspecified atom stereocenters. The van der Waals surface area contributed by atoms with E-state index in [1.165, 1.54) is 7.11 Å². The zero-order valence-electron chi connectivity index (χ0n) is 16.1. The number of aryl methyl sites for hydroxylation is 1. The van der Waals surface area contributed by atoms with Gasteiger partial charge >= 0.3 is 6.01 Å². The van der Waals surface area contributed by atoms with Gasteiger partial charge in [0, 0.05) is 12.7 Å². The number of nitrogens with one attached hydrogen (secondary N) is 1. The summed E-state index contributed by atoms with van der Waals surface area (Å²) in [6.07, 6.45) is 1.84. The number of ether oxygens (including phenoxy) is 1. The Hall–Kier alpha value is -3.94. The molecule has 3 N–H and O–H groups in total. The molecule has 3 heterocycles. The van der Waals surface area contributed by atoms with Gasteiger partial charge in [-0.25, -0.2) is 0 Å². The van der Waals surface area contributed by atoms with Crippen molar-refractivity contribution < 1.29 is 9.53 Å². The molecule has 8 nitrogen and oxygen atoms in total. The Morgan fingerprint density at radius 3 is 2.66 bits per heavy atom. The zero-order chi connectivity index (χ0) is 20.4. The summed E-state index contributed by atoms with van der Waals surface area (Å²) in [6.45, 7) is 2.49. The van der Waals surface area contributed by atoms with Crippen LogP contribution in [-0.4, -0.2) is 32.4 Å². The minimum Gasteiger partial charge on any atom is -0.467 e. The van der Waals surface area contributed by atoms with Crippen LogP contribution in [0.1, 0.15) is 21.5 Å². The van der Waals surface area contributed by atoms with Crippen molar-refractivity contribution in [3.8, 4) is 17.5 Å². The zero-order valence-corrected chi connectivity index (χ0v) is 16.1. The van der Waals surface area contributed by atoms with Crippen molar-refractivity contribution in [2.45, 2.75) is 13.5 Å². The third-order valence-corrected chi connectivity index (χ3v) is 4.57. The van der Waals surface area contributed by atoms with Gasteiger partial charge in [0.1, 0.15) is 0 Å². The van der Waals surface area contributed by atoms with E-state index in [9.17, 15) is 4.79 Å². The van der Waals surface area contributed by atoms with E-state index in [-0.39, 0.29) is 6.01 Å². The van der Waals surface area contributed by atoms with Crippen LogP contribution in [0.4, 0.5) is 5.95 Å². The van der Waals surface area contributed by atoms with E-state index in [0.717, 1.165) is 16.8 Å². The third-order valence-electron chi connectivity index (χ3n) is 4.57. The molecule has 146 valence electrons. The number of pyridine rings is 1. The minimum atomic E-state index is -0.488. The highest BCUT2D eigenvalue weighted by atomic mass is 16.5. The van der Waals surface area contributed by atoms with E-state index in [1.54, 1.807) is 12.1 Å². The number of hydrogen-bond donors (Lipinski definition) is 2. The Labute approximate surface area is 167 Å². The number of fused-ring (bicyclic) bond motifs is 1. The molecule has 0 atom stereocenters. The van der Waals surface area contributed by atoms with Crippen molar-refractivity contribution in [3.05, 3.63) is 71.4 Å². The van der Waals surface area contributed by atoms with Gasteiger partial charge in [-0.3, -0.25) is 4.79 Å². The lowest BCUT2D eigenvalue weighted by Gasteiger charge is -2.10. The Morgan fingerprint density at radius 1 is 1.14 bits per heavy atom. The maximum atomic E-state index is 11.8. The molecule has 0 radical (unpaired) electrons. The first-order valence-corrected chi connectivity index (χ1v) is 9.05. The molecule has 1 amide bonds. The van der Waals surface area contributed by atoms with Gasteiger partial charge in [-0.2, -0.15) is 15.0 Å². The van der Waals surface area contributed by atoms with Crippen molar-refractivity contribution in [2.24, 2.45) is 5.73 Å². The number of hydrogen-bond acceptors (Lipinski definition) is 6. The van der Waals surface area contributed by atoms with E-state index < -0.39 is 5.91 Å². The first-order chi connectivity index (χ1) is 14.1. The summed E-state index contributed by atoms with van der Waals surface area (Å²) in [5.74, 6) is 0.348. The topological polar surface area (TPSA) is 107 Å². The predicted molar refractivity (Wildman–Crippen MR) is 110 cm³/mol.